The first-order valence-corrected chi connectivity index (χ1v) is 5.73. The molecule has 2 N–H and O–H groups in total. The van der Waals surface area contributed by atoms with E-state index in [-0.39, 0.29) is 9.52 Å². The van der Waals surface area contributed by atoms with E-state index in [1.54, 1.807) is 0 Å². The summed E-state index contributed by atoms with van der Waals surface area (Å²) < 4.78 is 5.49. The van der Waals surface area contributed by atoms with Crippen molar-refractivity contribution >= 4 is 9.52 Å². The smallest absolute Gasteiger partial charge is 0.0743 e. The van der Waals surface area contributed by atoms with Crippen LogP contribution in [0.25, 0.3) is 0 Å². The van der Waals surface area contributed by atoms with Gasteiger partial charge in [-0.1, -0.05) is 0 Å². The molecule has 1 rings (SSSR count). The zero-order valence-corrected chi connectivity index (χ0v) is 7.59. The lowest BCUT2D eigenvalue weighted by Gasteiger charge is -2.21. The average molecular weight is 161 g/mol. The standard InChI is InChI=1S/C6H15NO2Si/c8-7-5-10-6-3-1-2-4-9-6/h6-8H,1-5,10H2. The fourth-order valence-corrected chi connectivity index (χ4v) is 2.62. The summed E-state index contributed by atoms with van der Waals surface area (Å²) in [6.07, 6.45) is 4.53. The molecular weight excluding hydrogens is 146 g/mol. The number of rotatable bonds is 3. The largest absolute Gasteiger partial charge is 0.382 e. The molecule has 0 aromatic heterocycles. The minimum Gasteiger partial charge on any atom is -0.382 e. The fourth-order valence-electron chi connectivity index (χ4n) is 1.26. The van der Waals surface area contributed by atoms with Gasteiger partial charge in [0.25, 0.3) is 0 Å². The maximum Gasteiger partial charge on any atom is 0.0743 e. The molecule has 1 saturated heterocycles. The van der Waals surface area contributed by atoms with E-state index in [2.05, 4.69) is 5.48 Å². The summed E-state index contributed by atoms with van der Waals surface area (Å²) >= 11 is 0. The van der Waals surface area contributed by atoms with Gasteiger partial charge in [0.05, 0.1) is 9.52 Å². The highest BCUT2D eigenvalue weighted by Gasteiger charge is 2.12. The van der Waals surface area contributed by atoms with Crippen LogP contribution in [-0.2, 0) is 4.74 Å². The second-order valence-electron chi connectivity index (χ2n) is 2.69. The topological polar surface area (TPSA) is 41.5 Å². The maximum absolute atomic E-state index is 8.33. The predicted molar refractivity (Wildman–Crippen MR) is 41.9 cm³/mol. The minimum absolute atomic E-state index is 0.218. The van der Waals surface area contributed by atoms with E-state index in [9.17, 15) is 0 Å². The molecule has 4 heteroatoms. The average Bonchev–Trinajstić information content (AvgIpc) is 2.03. The van der Waals surface area contributed by atoms with E-state index in [4.69, 9.17) is 9.94 Å². The third kappa shape index (κ3) is 2.79. The van der Waals surface area contributed by atoms with Crippen molar-refractivity contribution in [3.63, 3.8) is 0 Å². The fraction of sp³-hybridized carbons (Fsp3) is 1.00. The number of ether oxygens (including phenoxy) is 1. The van der Waals surface area contributed by atoms with E-state index < -0.39 is 0 Å². The van der Waals surface area contributed by atoms with Crippen LogP contribution in [0.3, 0.4) is 0 Å². The van der Waals surface area contributed by atoms with Gasteiger partial charge in [-0.3, -0.25) is 0 Å². The Morgan fingerprint density at radius 2 is 2.50 bits per heavy atom. The molecule has 1 atom stereocenters. The molecule has 0 bridgehead atoms. The van der Waals surface area contributed by atoms with Gasteiger partial charge in [0.1, 0.15) is 0 Å². The summed E-state index contributed by atoms with van der Waals surface area (Å²) in [5.74, 6) is 0. The Morgan fingerprint density at radius 1 is 1.60 bits per heavy atom. The first-order valence-electron chi connectivity index (χ1n) is 3.92. The van der Waals surface area contributed by atoms with Gasteiger partial charge in [-0.25, -0.2) is 5.48 Å². The molecule has 0 aliphatic carbocycles. The molecule has 0 spiro atoms. The highest BCUT2D eigenvalue weighted by Crippen LogP contribution is 2.10. The first kappa shape index (κ1) is 8.20. The minimum atomic E-state index is -0.218. The highest BCUT2D eigenvalue weighted by atomic mass is 28.2. The molecule has 10 heavy (non-hydrogen) atoms. The molecular formula is C6H15NO2Si. The van der Waals surface area contributed by atoms with Gasteiger partial charge in [0.15, 0.2) is 0 Å². The monoisotopic (exact) mass is 161 g/mol. The molecule has 0 saturated carbocycles. The zero-order chi connectivity index (χ0) is 7.23. The molecule has 0 aromatic carbocycles. The molecule has 0 amide bonds. The number of hydrogen-bond donors (Lipinski definition) is 2. The molecule has 1 aliphatic rings. The van der Waals surface area contributed by atoms with Crippen LogP contribution in [0.2, 0.25) is 0 Å². The van der Waals surface area contributed by atoms with Gasteiger partial charge in [-0.05, 0) is 19.3 Å². The molecule has 1 unspecified atom stereocenters. The number of hydroxylamine groups is 1. The van der Waals surface area contributed by atoms with Crippen molar-refractivity contribution in [2.75, 3.05) is 12.8 Å². The summed E-state index contributed by atoms with van der Waals surface area (Å²) in [4.78, 5) is 0. The van der Waals surface area contributed by atoms with Crippen molar-refractivity contribution in [1.29, 1.82) is 0 Å². The van der Waals surface area contributed by atoms with E-state index in [0.29, 0.717) is 5.73 Å². The number of nitrogens with one attached hydrogen (secondary N) is 1. The van der Waals surface area contributed by atoms with Crippen molar-refractivity contribution in [3.8, 4) is 0 Å². The summed E-state index contributed by atoms with van der Waals surface area (Å²) in [7, 11) is -0.218. The zero-order valence-electron chi connectivity index (χ0n) is 6.18. The van der Waals surface area contributed by atoms with E-state index >= 15 is 0 Å². The lowest BCUT2D eigenvalue weighted by atomic mass is 10.2. The predicted octanol–water partition coefficient (Wildman–Crippen LogP) is -0.382. The molecule has 0 radical (unpaired) electrons. The van der Waals surface area contributed by atoms with Crippen LogP contribution >= 0.6 is 0 Å². The molecule has 1 fully saturated rings. The SMILES string of the molecule is ONC[SiH2]C1CCCCO1. The van der Waals surface area contributed by atoms with Gasteiger partial charge in [-0.15, -0.1) is 0 Å². The van der Waals surface area contributed by atoms with E-state index in [0.717, 1.165) is 12.8 Å². The Morgan fingerprint density at radius 3 is 3.10 bits per heavy atom. The van der Waals surface area contributed by atoms with Crippen LogP contribution in [-0.4, -0.2) is 33.2 Å². The second-order valence-corrected chi connectivity index (χ2v) is 4.67. The summed E-state index contributed by atoms with van der Waals surface area (Å²) in [6, 6.07) is 0. The Kier molecular flexibility index (Phi) is 3.97. The van der Waals surface area contributed by atoms with Crippen LogP contribution < -0.4 is 5.48 Å². The van der Waals surface area contributed by atoms with Crippen LogP contribution in [0.4, 0.5) is 0 Å². The van der Waals surface area contributed by atoms with Gasteiger partial charge in [-0.2, -0.15) is 0 Å². The van der Waals surface area contributed by atoms with Crippen LogP contribution in [0, 0.1) is 0 Å². The lowest BCUT2D eigenvalue weighted by molar-refractivity contribution is 0.0635. The van der Waals surface area contributed by atoms with Crippen LogP contribution in [0.15, 0.2) is 0 Å². The van der Waals surface area contributed by atoms with Gasteiger partial charge in [0, 0.05) is 18.5 Å². The summed E-state index contributed by atoms with van der Waals surface area (Å²) in [6.45, 7) is 0.934. The highest BCUT2D eigenvalue weighted by molar-refractivity contribution is 6.37. The normalized spacial score (nSPS) is 27.9. The quantitative estimate of drug-likeness (QED) is 0.438. The third-order valence-corrected chi connectivity index (χ3v) is 3.65. The van der Waals surface area contributed by atoms with Gasteiger partial charge >= 0.3 is 0 Å². The van der Waals surface area contributed by atoms with Crippen LogP contribution in [0.1, 0.15) is 19.3 Å². The number of hydrogen-bond acceptors (Lipinski definition) is 3. The van der Waals surface area contributed by atoms with Gasteiger partial charge in [0.2, 0.25) is 0 Å². The molecule has 60 valence electrons. The lowest BCUT2D eigenvalue weighted by Crippen LogP contribution is -2.31. The summed E-state index contributed by atoms with van der Waals surface area (Å²) in [5.41, 5.74) is 2.72. The van der Waals surface area contributed by atoms with Gasteiger partial charge < -0.3 is 9.94 Å². The molecule has 0 aromatic rings. The molecule has 1 heterocycles. The third-order valence-electron chi connectivity index (χ3n) is 1.85. The van der Waals surface area contributed by atoms with Crippen molar-refractivity contribution in [3.05, 3.63) is 0 Å². The van der Waals surface area contributed by atoms with Crippen LogP contribution in [0.5, 0.6) is 0 Å². The second kappa shape index (κ2) is 4.84. The molecule has 1 aliphatic heterocycles. The van der Waals surface area contributed by atoms with Crippen molar-refractivity contribution in [2.24, 2.45) is 0 Å². The first-order chi connectivity index (χ1) is 4.93. The summed E-state index contributed by atoms with van der Waals surface area (Å²) in [5, 5.41) is 8.33. The Labute approximate surface area is 63.5 Å². The Balaban J connectivity index is 2.02. The van der Waals surface area contributed by atoms with Crippen molar-refractivity contribution < 1.29 is 9.94 Å². The van der Waals surface area contributed by atoms with Crippen molar-refractivity contribution in [1.82, 2.24) is 5.48 Å². The van der Waals surface area contributed by atoms with Crippen molar-refractivity contribution in [2.45, 2.75) is 25.0 Å². The Hall–Kier alpha value is 0.0969. The maximum atomic E-state index is 8.33. The van der Waals surface area contributed by atoms with E-state index in [1.165, 1.54) is 19.3 Å². The molecule has 3 nitrogen and oxygen atoms in total. The Bertz CT molecular complexity index is 85.8. The van der Waals surface area contributed by atoms with E-state index in [1.807, 2.05) is 0 Å².